The van der Waals surface area contributed by atoms with Crippen LogP contribution in [-0.4, -0.2) is 46.3 Å². The first-order valence-corrected chi connectivity index (χ1v) is 9.21. The molecule has 2 saturated heterocycles. The Morgan fingerprint density at radius 3 is 2.54 bits per heavy atom. The van der Waals surface area contributed by atoms with Crippen molar-refractivity contribution in [3.8, 4) is 0 Å². The smallest absolute Gasteiger partial charge is 0.326 e. The minimum Gasteiger partial charge on any atom is -0.381 e. The van der Waals surface area contributed by atoms with Gasteiger partial charge >= 0.3 is 5.69 Å². The number of hydrogen-bond acceptors (Lipinski definition) is 3. The van der Waals surface area contributed by atoms with Gasteiger partial charge in [0.1, 0.15) is 5.82 Å². The number of hydrogen-bond donors (Lipinski definition) is 1. The Hall–Kier alpha value is -1.37. The maximum Gasteiger partial charge on any atom is 0.326 e. The lowest BCUT2D eigenvalue weighted by Crippen LogP contribution is -2.53. The third-order valence-electron chi connectivity index (χ3n) is 6.16. The molecule has 1 aromatic carbocycles. The van der Waals surface area contributed by atoms with Gasteiger partial charge in [0.25, 0.3) is 0 Å². The summed E-state index contributed by atoms with van der Waals surface area (Å²) in [6.45, 7) is 7.72. The van der Waals surface area contributed by atoms with Crippen LogP contribution < -0.4 is 5.69 Å². The molecule has 2 aromatic rings. The largest absolute Gasteiger partial charge is 0.381 e. The van der Waals surface area contributed by atoms with Crippen LogP contribution in [0.3, 0.4) is 0 Å². The highest BCUT2D eigenvalue weighted by molar-refractivity contribution is 5.85. The van der Waals surface area contributed by atoms with E-state index in [1.807, 2.05) is 4.57 Å². The summed E-state index contributed by atoms with van der Waals surface area (Å²) in [5, 5.41) is 0. The fourth-order valence-electron chi connectivity index (χ4n) is 4.40. The summed E-state index contributed by atoms with van der Waals surface area (Å²) in [5.41, 5.74) is 2.07. The number of rotatable bonds is 2. The number of benzene rings is 1. The van der Waals surface area contributed by atoms with Crippen LogP contribution in [0.25, 0.3) is 11.0 Å². The van der Waals surface area contributed by atoms with E-state index in [2.05, 4.69) is 16.8 Å². The minimum atomic E-state index is -0.275. The molecule has 1 N–H and O–H groups in total. The topological polar surface area (TPSA) is 50.3 Å². The molecule has 5 nitrogen and oxygen atoms in total. The van der Waals surface area contributed by atoms with Crippen molar-refractivity contribution in [1.82, 2.24) is 14.5 Å². The van der Waals surface area contributed by atoms with Crippen LogP contribution in [0.15, 0.2) is 16.9 Å². The van der Waals surface area contributed by atoms with E-state index < -0.39 is 0 Å². The fourth-order valence-corrected chi connectivity index (χ4v) is 4.40. The van der Waals surface area contributed by atoms with Crippen molar-refractivity contribution in [1.29, 1.82) is 0 Å². The van der Waals surface area contributed by atoms with Crippen LogP contribution >= 0.6 is 12.4 Å². The molecule has 0 aliphatic carbocycles. The molecule has 26 heavy (non-hydrogen) atoms. The Balaban J connectivity index is 0.00000196. The van der Waals surface area contributed by atoms with Crippen molar-refractivity contribution < 1.29 is 9.13 Å². The highest BCUT2D eigenvalue weighted by Crippen LogP contribution is 2.33. The summed E-state index contributed by atoms with van der Waals surface area (Å²) in [6, 6.07) is 3.39. The number of ether oxygens (including phenoxy) is 1. The van der Waals surface area contributed by atoms with Crippen LogP contribution in [0.4, 0.5) is 4.39 Å². The zero-order chi connectivity index (χ0) is 17.6. The predicted molar refractivity (Wildman–Crippen MR) is 103 cm³/mol. The summed E-state index contributed by atoms with van der Waals surface area (Å²) in [7, 11) is 0. The van der Waals surface area contributed by atoms with Gasteiger partial charge in [0.2, 0.25) is 0 Å². The number of aryl methyl sites for hydroxylation is 1. The van der Waals surface area contributed by atoms with Gasteiger partial charge in [-0.25, -0.2) is 9.18 Å². The third-order valence-corrected chi connectivity index (χ3v) is 6.16. The molecule has 0 radical (unpaired) electrons. The van der Waals surface area contributed by atoms with E-state index in [1.54, 1.807) is 13.0 Å². The van der Waals surface area contributed by atoms with Crippen molar-refractivity contribution in [3.63, 3.8) is 0 Å². The molecule has 1 aromatic heterocycles. The molecule has 3 heterocycles. The molecular weight excluding hydrogens is 357 g/mol. The summed E-state index contributed by atoms with van der Waals surface area (Å²) >= 11 is 0. The van der Waals surface area contributed by atoms with Gasteiger partial charge in [0, 0.05) is 37.9 Å². The molecule has 0 amide bonds. The van der Waals surface area contributed by atoms with E-state index in [4.69, 9.17) is 4.74 Å². The van der Waals surface area contributed by atoms with Crippen molar-refractivity contribution in [3.05, 3.63) is 34.0 Å². The third kappa shape index (κ3) is 3.30. The fraction of sp³-hybridized carbons (Fsp3) is 0.632. The summed E-state index contributed by atoms with van der Waals surface area (Å²) in [5.74, 6) is -0.275. The molecule has 0 unspecified atom stereocenters. The van der Waals surface area contributed by atoms with Gasteiger partial charge in [-0.1, -0.05) is 0 Å². The monoisotopic (exact) mass is 383 g/mol. The van der Waals surface area contributed by atoms with E-state index in [1.165, 1.54) is 6.07 Å². The average molecular weight is 384 g/mol. The van der Waals surface area contributed by atoms with Crippen LogP contribution in [-0.2, 0) is 4.74 Å². The first kappa shape index (κ1) is 19.4. The molecule has 0 saturated carbocycles. The number of aromatic amines is 1. The molecule has 0 bridgehead atoms. The van der Waals surface area contributed by atoms with E-state index in [9.17, 15) is 9.18 Å². The summed E-state index contributed by atoms with van der Waals surface area (Å²) in [6.07, 6.45) is 4.03. The van der Waals surface area contributed by atoms with E-state index in [0.29, 0.717) is 11.1 Å². The van der Waals surface area contributed by atoms with E-state index in [0.717, 1.165) is 57.5 Å². The highest BCUT2D eigenvalue weighted by atomic mass is 35.5. The van der Waals surface area contributed by atoms with E-state index in [-0.39, 0.29) is 35.5 Å². The Bertz CT molecular complexity index is 833. The lowest BCUT2D eigenvalue weighted by Gasteiger charge is -2.47. The van der Waals surface area contributed by atoms with Gasteiger partial charge in [-0.05, 0) is 57.2 Å². The predicted octanol–water partition coefficient (Wildman–Crippen LogP) is 3.40. The lowest BCUT2D eigenvalue weighted by molar-refractivity contribution is -0.0312. The van der Waals surface area contributed by atoms with Crippen molar-refractivity contribution in [2.45, 2.75) is 51.1 Å². The maximum atomic E-state index is 13.8. The Morgan fingerprint density at radius 2 is 1.88 bits per heavy atom. The van der Waals surface area contributed by atoms with Crippen LogP contribution in [0.2, 0.25) is 0 Å². The number of fused-ring (bicyclic) bond motifs is 1. The number of likely N-dealkylation sites (tertiary alicyclic amines) is 1. The number of halogens is 2. The number of aromatic nitrogens is 2. The number of piperidine rings is 1. The Labute approximate surface area is 158 Å². The molecule has 0 atom stereocenters. The minimum absolute atomic E-state index is 0. The molecule has 2 aliphatic heterocycles. The Morgan fingerprint density at radius 1 is 1.23 bits per heavy atom. The van der Waals surface area contributed by atoms with Crippen LogP contribution in [0.5, 0.6) is 0 Å². The number of imidazole rings is 1. The van der Waals surface area contributed by atoms with Crippen LogP contribution in [0.1, 0.15) is 44.2 Å². The second-order valence-corrected chi connectivity index (χ2v) is 7.75. The van der Waals surface area contributed by atoms with Crippen molar-refractivity contribution >= 4 is 23.4 Å². The number of nitrogens with zero attached hydrogens (tertiary/aromatic N) is 2. The average Bonchev–Trinajstić information content (AvgIpc) is 2.91. The molecule has 7 heteroatoms. The second-order valence-electron chi connectivity index (χ2n) is 7.75. The summed E-state index contributed by atoms with van der Waals surface area (Å²) < 4.78 is 21.1. The van der Waals surface area contributed by atoms with Gasteiger partial charge < -0.3 is 9.72 Å². The number of H-pyrrole nitrogens is 1. The highest BCUT2D eigenvalue weighted by Gasteiger charge is 2.36. The van der Waals surface area contributed by atoms with Crippen molar-refractivity contribution in [2.75, 3.05) is 26.3 Å². The molecule has 0 spiro atoms. The molecule has 2 aliphatic rings. The molecular formula is C19H27ClFN3O2. The van der Waals surface area contributed by atoms with Gasteiger partial charge in [-0.2, -0.15) is 0 Å². The van der Waals surface area contributed by atoms with E-state index >= 15 is 0 Å². The van der Waals surface area contributed by atoms with Gasteiger partial charge in [-0.3, -0.25) is 9.47 Å². The zero-order valence-electron chi connectivity index (χ0n) is 15.4. The molecule has 144 valence electrons. The zero-order valence-corrected chi connectivity index (χ0v) is 16.2. The molecule has 4 rings (SSSR count). The lowest BCUT2D eigenvalue weighted by atomic mass is 9.87. The first-order valence-electron chi connectivity index (χ1n) is 9.21. The molecule has 2 fully saturated rings. The second kappa shape index (κ2) is 7.33. The SMILES string of the molecule is Cc1cc2c(cc1F)[nH]c(=O)n2C1CCN(C2(C)CCOCC2)CC1.Cl. The first-order chi connectivity index (χ1) is 12.0. The quantitative estimate of drug-likeness (QED) is 0.864. The van der Waals surface area contributed by atoms with Crippen LogP contribution in [0, 0.1) is 12.7 Å². The number of nitrogens with one attached hydrogen (secondary N) is 1. The Kier molecular flexibility index (Phi) is 5.47. The van der Waals surface area contributed by atoms with Crippen molar-refractivity contribution in [2.24, 2.45) is 0 Å². The maximum absolute atomic E-state index is 13.8. The standard InChI is InChI=1S/C19H26FN3O2.ClH/c1-13-11-17-16(12-15(13)20)21-18(24)23(17)14-3-7-22(8-4-14)19(2)5-9-25-10-6-19;/h11-12,14H,3-10H2,1-2H3,(H,21,24);1H. The van der Waals surface area contributed by atoms with Gasteiger partial charge in [0.15, 0.2) is 0 Å². The van der Waals surface area contributed by atoms with Gasteiger partial charge in [0.05, 0.1) is 11.0 Å². The van der Waals surface area contributed by atoms with Gasteiger partial charge in [-0.15, -0.1) is 12.4 Å². The summed E-state index contributed by atoms with van der Waals surface area (Å²) in [4.78, 5) is 17.8. The normalized spacial score (nSPS) is 21.7.